The summed E-state index contributed by atoms with van der Waals surface area (Å²) in [6.45, 7) is 5.99. The molecule has 1 aromatic heterocycles. The Morgan fingerprint density at radius 2 is 1.79 bits per heavy atom. The molecule has 1 heterocycles. The zero-order chi connectivity index (χ0) is 27.4. The van der Waals surface area contributed by atoms with Crippen LogP contribution in [0.1, 0.15) is 43.6 Å². The number of aromatic nitrogens is 2. The second-order valence-corrected chi connectivity index (χ2v) is 10.5. The van der Waals surface area contributed by atoms with Crippen molar-refractivity contribution in [3.63, 3.8) is 0 Å². The molecule has 0 saturated heterocycles. The minimum Gasteiger partial charge on any atom is -0.490 e. The number of nitro groups is 1. The summed E-state index contributed by atoms with van der Waals surface area (Å²) in [6, 6.07) is 15.7. The lowest BCUT2D eigenvalue weighted by Gasteiger charge is -2.14. The summed E-state index contributed by atoms with van der Waals surface area (Å²) in [5.74, 6) is 0.595. The Morgan fingerprint density at radius 3 is 2.45 bits per heavy atom. The molecule has 4 aromatic rings. The predicted octanol–water partition coefficient (Wildman–Crippen LogP) is 6.81. The zero-order valence-corrected chi connectivity index (χ0v) is 24.0. The quantitative estimate of drug-likeness (QED) is 0.113. The van der Waals surface area contributed by atoms with Gasteiger partial charge in [0.1, 0.15) is 12.4 Å². The first-order valence-corrected chi connectivity index (χ1v) is 13.4. The van der Waals surface area contributed by atoms with Crippen molar-refractivity contribution in [1.29, 1.82) is 0 Å². The van der Waals surface area contributed by atoms with Gasteiger partial charge in [-0.2, -0.15) is 9.78 Å². The van der Waals surface area contributed by atoms with E-state index in [2.05, 4.69) is 41.9 Å². The van der Waals surface area contributed by atoms with Gasteiger partial charge in [0.15, 0.2) is 5.75 Å². The van der Waals surface area contributed by atoms with Crippen molar-refractivity contribution in [1.82, 2.24) is 9.66 Å². The molecule has 0 unspecified atom stereocenters. The van der Waals surface area contributed by atoms with Crippen molar-refractivity contribution in [2.24, 2.45) is 5.10 Å². The van der Waals surface area contributed by atoms with E-state index < -0.39 is 4.92 Å². The molecular formula is C27H24Br2N4O5. The number of hydrogen-bond acceptors (Lipinski definition) is 7. The SMILES string of the molecule is CCOc1cc(C=Nn2c(C(C)C)nc3ccc(Br)cc3c2=O)cc([N+](=O)[O-])c1OCc1ccc(Br)cc1. The molecular weight excluding hydrogens is 620 g/mol. The van der Waals surface area contributed by atoms with Gasteiger partial charge in [-0.25, -0.2) is 4.98 Å². The molecule has 0 fully saturated rings. The topological polar surface area (TPSA) is 109 Å². The second-order valence-electron chi connectivity index (χ2n) is 8.62. The van der Waals surface area contributed by atoms with Gasteiger partial charge in [-0.3, -0.25) is 14.9 Å². The Hall–Kier alpha value is -3.57. The molecule has 0 radical (unpaired) electrons. The summed E-state index contributed by atoms with van der Waals surface area (Å²) in [5, 5.41) is 16.8. The van der Waals surface area contributed by atoms with E-state index in [9.17, 15) is 14.9 Å². The molecule has 196 valence electrons. The molecule has 4 rings (SSSR count). The largest absolute Gasteiger partial charge is 0.490 e. The Bertz CT molecular complexity index is 1580. The van der Waals surface area contributed by atoms with Crippen molar-refractivity contribution in [3.05, 3.63) is 101 Å². The molecule has 38 heavy (non-hydrogen) atoms. The van der Waals surface area contributed by atoms with Crippen molar-refractivity contribution in [2.75, 3.05) is 6.61 Å². The third-order valence-corrected chi connectivity index (χ3v) is 6.54. The second kappa shape index (κ2) is 11.9. The van der Waals surface area contributed by atoms with Crippen LogP contribution in [0.15, 0.2) is 73.4 Å². The Balaban J connectivity index is 1.77. The van der Waals surface area contributed by atoms with Gasteiger partial charge in [-0.05, 0) is 48.9 Å². The summed E-state index contributed by atoms with van der Waals surface area (Å²) in [7, 11) is 0. The standard InChI is InChI=1S/C27H24Br2N4O5/c1-4-37-24-12-18(11-23(33(35)36)25(24)38-15-17-5-7-19(28)8-6-17)14-30-32-26(16(2)3)31-22-10-9-20(29)13-21(22)27(32)34/h5-14,16H,4,15H2,1-3H3. The maximum atomic E-state index is 13.3. The normalized spacial score (nSPS) is 11.4. The number of benzene rings is 3. The van der Waals surface area contributed by atoms with Crippen LogP contribution in [0.2, 0.25) is 0 Å². The molecule has 11 heteroatoms. The van der Waals surface area contributed by atoms with Crippen LogP contribution in [0.5, 0.6) is 11.5 Å². The summed E-state index contributed by atoms with van der Waals surface area (Å²) in [5.41, 5.74) is 1.16. The number of nitrogens with zero attached hydrogens (tertiary/aromatic N) is 4. The van der Waals surface area contributed by atoms with Gasteiger partial charge in [-0.15, -0.1) is 0 Å². The monoisotopic (exact) mass is 642 g/mol. The number of rotatable bonds is 9. The third kappa shape index (κ3) is 6.11. The highest BCUT2D eigenvalue weighted by Crippen LogP contribution is 2.39. The fraction of sp³-hybridized carbons (Fsp3) is 0.222. The first-order chi connectivity index (χ1) is 18.2. The van der Waals surface area contributed by atoms with E-state index in [1.54, 1.807) is 25.1 Å². The summed E-state index contributed by atoms with van der Waals surface area (Å²) in [4.78, 5) is 29.4. The minimum atomic E-state index is -0.530. The van der Waals surface area contributed by atoms with Crippen LogP contribution in [-0.2, 0) is 6.61 Å². The van der Waals surface area contributed by atoms with Gasteiger partial charge < -0.3 is 9.47 Å². The van der Waals surface area contributed by atoms with Crippen molar-refractivity contribution < 1.29 is 14.4 Å². The number of ether oxygens (including phenoxy) is 2. The molecule has 0 aliphatic rings. The molecule has 0 saturated carbocycles. The lowest BCUT2D eigenvalue weighted by molar-refractivity contribution is -0.386. The predicted molar refractivity (Wildman–Crippen MR) is 154 cm³/mol. The molecule has 0 amide bonds. The number of halogens is 2. The molecule has 3 aromatic carbocycles. The van der Waals surface area contributed by atoms with Gasteiger partial charge in [0.2, 0.25) is 5.75 Å². The van der Waals surface area contributed by atoms with Crippen LogP contribution >= 0.6 is 31.9 Å². The maximum absolute atomic E-state index is 13.3. The van der Waals surface area contributed by atoms with Gasteiger partial charge in [0, 0.05) is 26.5 Å². The first kappa shape index (κ1) is 27.5. The van der Waals surface area contributed by atoms with E-state index >= 15 is 0 Å². The lowest BCUT2D eigenvalue weighted by Crippen LogP contribution is -2.23. The molecule has 0 bridgehead atoms. The number of fused-ring (bicyclic) bond motifs is 1. The highest BCUT2D eigenvalue weighted by molar-refractivity contribution is 9.10. The minimum absolute atomic E-state index is 0.0224. The Kier molecular flexibility index (Phi) is 8.58. The zero-order valence-electron chi connectivity index (χ0n) is 20.9. The van der Waals surface area contributed by atoms with Crippen LogP contribution in [0.3, 0.4) is 0 Å². The molecule has 0 aliphatic heterocycles. The fourth-order valence-electron chi connectivity index (χ4n) is 3.74. The van der Waals surface area contributed by atoms with Crippen molar-refractivity contribution in [3.8, 4) is 11.5 Å². The molecule has 9 nitrogen and oxygen atoms in total. The van der Waals surface area contributed by atoms with Crippen molar-refractivity contribution >= 4 is 54.7 Å². The lowest BCUT2D eigenvalue weighted by atomic mass is 10.1. The summed E-state index contributed by atoms with van der Waals surface area (Å²) < 4.78 is 14.4. The molecule has 0 spiro atoms. The van der Waals surface area contributed by atoms with E-state index in [0.29, 0.717) is 22.3 Å². The maximum Gasteiger partial charge on any atom is 0.315 e. The summed E-state index contributed by atoms with van der Waals surface area (Å²) >= 11 is 6.78. The number of nitro benzene ring substituents is 1. The smallest absolute Gasteiger partial charge is 0.315 e. The van der Waals surface area contributed by atoms with Crippen LogP contribution in [0, 0.1) is 10.1 Å². The van der Waals surface area contributed by atoms with Crippen molar-refractivity contribution in [2.45, 2.75) is 33.3 Å². The first-order valence-electron chi connectivity index (χ1n) is 11.8. The van der Waals surface area contributed by atoms with E-state index in [1.807, 2.05) is 44.2 Å². The summed E-state index contributed by atoms with van der Waals surface area (Å²) in [6.07, 6.45) is 1.38. The molecule has 0 aliphatic carbocycles. The fourth-order valence-corrected chi connectivity index (χ4v) is 4.36. The van der Waals surface area contributed by atoms with Crippen LogP contribution in [0.25, 0.3) is 10.9 Å². The molecule has 0 atom stereocenters. The number of hydrogen-bond donors (Lipinski definition) is 0. The van der Waals surface area contributed by atoms with E-state index in [4.69, 9.17) is 9.47 Å². The average molecular weight is 644 g/mol. The third-order valence-electron chi connectivity index (χ3n) is 5.52. The average Bonchev–Trinajstić information content (AvgIpc) is 2.88. The van der Waals surface area contributed by atoms with Crippen LogP contribution in [0.4, 0.5) is 5.69 Å². The van der Waals surface area contributed by atoms with Gasteiger partial charge in [0.25, 0.3) is 5.56 Å². The van der Waals surface area contributed by atoms with Gasteiger partial charge in [-0.1, -0.05) is 57.8 Å². The van der Waals surface area contributed by atoms with Gasteiger partial charge >= 0.3 is 5.69 Å². The Labute approximate surface area is 235 Å². The van der Waals surface area contributed by atoms with Crippen LogP contribution in [-0.4, -0.2) is 27.4 Å². The highest BCUT2D eigenvalue weighted by Gasteiger charge is 2.23. The van der Waals surface area contributed by atoms with E-state index in [-0.39, 0.29) is 41.9 Å². The highest BCUT2D eigenvalue weighted by atomic mass is 79.9. The van der Waals surface area contributed by atoms with E-state index in [1.165, 1.54) is 17.0 Å². The van der Waals surface area contributed by atoms with Gasteiger partial charge in [0.05, 0.1) is 28.6 Å². The van der Waals surface area contributed by atoms with Crippen LogP contribution < -0.4 is 15.0 Å². The Morgan fingerprint density at radius 1 is 1.08 bits per heavy atom. The van der Waals surface area contributed by atoms with E-state index in [0.717, 1.165) is 14.5 Å². The molecule has 0 N–H and O–H groups in total.